The fourth-order valence-corrected chi connectivity index (χ4v) is 2.19. The average Bonchev–Trinajstić information content (AvgIpc) is 2.44. The molecule has 0 bridgehead atoms. The lowest BCUT2D eigenvalue weighted by Crippen LogP contribution is -2.55. The summed E-state index contributed by atoms with van der Waals surface area (Å²) in [6.07, 6.45) is -4.47. The van der Waals surface area contributed by atoms with Gasteiger partial charge in [0, 0.05) is 12.1 Å². The smallest absolute Gasteiger partial charge is 0.493 e. The number of carbonyl (C=O) groups is 2. The third kappa shape index (κ3) is 3.66. The zero-order chi connectivity index (χ0) is 17.2. The van der Waals surface area contributed by atoms with E-state index >= 15 is 0 Å². The van der Waals surface area contributed by atoms with E-state index in [1.807, 2.05) is 0 Å². The van der Waals surface area contributed by atoms with Gasteiger partial charge >= 0.3 is 12.3 Å². The Balaban J connectivity index is 2.24. The maximum atomic E-state index is 12.4. The molecule has 1 amide bonds. The Morgan fingerprint density at radius 1 is 1.22 bits per heavy atom. The Morgan fingerprint density at radius 3 is 2.39 bits per heavy atom. The molecule has 1 aromatic carbocycles. The molecule has 6 nitrogen and oxygen atoms in total. The number of esters is 1. The fraction of sp³-hybridized carbons (Fsp3) is 0.429. The van der Waals surface area contributed by atoms with Crippen molar-refractivity contribution in [3.63, 3.8) is 0 Å². The van der Waals surface area contributed by atoms with Crippen LogP contribution in [-0.2, 0) is 9.53 Å². The summed E-state index contributed by atoms with van der Waals surface area (Å²) in [5, 5.41) is 0. The number of hydrogen-bond donors (Lipinski definition) is 0. The van der Waals surface area contributed by atoms with Gasteiger partial charge in [0.2, 0.25) is 0 Å². The van der Waals surface area contributed by atoms with Gasteiger partial charge in [0.15, 0.2) is 11.5 Å². The zero-order valence-electron chi connectivity index (χ0n) is 12.3. The fourth-order valence-electron chi connectivity index (χ4n) is 2.19. The number of amides is 1. The van der Waals surface area contributed by atoms with E-state index in [2.05, 4.69) is 9.47 Å². The van der Waals surface area contributed by atoms with Crippen molar-refractivity contribution in [2.75, 3.05) is 20.8 Å². The molecule has 1 heterocycles. The second-order valence-electron chi connectivity index (χ2n) is 4.74. The van der Waals surface area contributed by atoms with Crippen molar-refractivity contribution >= 4 is 11.9 Å². The predicted octanol–water partition coefficient (Wildman–Crippen LogP) is 1.98. The van der Waals surface area contributed by atoms with Crippen LogP contribution in [0.5, 0.6) is 11.5 Å². The van der Waals surface area contributed by atoms with E-state index in [9.17, 15) is 22.8 Å². The van der Waals surface area contributed by atoms with Gasteiger partial charge in [-0.1, -0.05) is 0 Å². The van der Waals surface area contributed by atoms with Crippen LogP contribution in [0.4, 0.5) is 13.2 Å². The SMILES string of the molecule is COC(=O)C1CCN1C(=O)c1ccc(OC)c(OC(F)(F)F)c1. The highest BCUT2D eigenvalue weighted by atomic mass is 19.4. The van der Waals surface area contributed by atoms with Crippen molar-refractivity contribution in [2.45, 2.75) is 18.8 Å². The molecular formula is C14H14F3NO5. The number of hydrogen-bond acceptors (Lipinski definition) is 5. The normalized spacial score (nSPS) is 17.3. The lowest BCUT2D eigenvalue weighted by Gasteiger charge is -2.38. The minimum absolute atomic E-state index is 0.0429. The molecular weight excluding hydrogens is 319 g/mol. The van der Waals surface area contributed by atoms with Gasteiger partial charge in [-0.2, -0.15) is 0 Å². The number of benzene rings is 1. The molecule has 1 aromatic rings. The maximum Gasteiger partial charge on any atom is 0.573 e. The van der Waals surface area contributed by atoms with E-state index in [1.54, 1.807) is 0 Å². The molecule has 0 N–H and O–H groups in total. The van der Waals surface area contributed by atoms with Crippen LogP contribution in [0.2, 0.25) is 0 Å². The minimum atomic E-state index is -4.92. The molecule has 9 heteroatoms. The van der Waals surface area contributed by atoms with E-state index < -0.39 is 30.0 Å². The summed E-state index contributed by atoms with van der Waals surface area (Å²) in [6.45, 7) is 0.320. The molecule has 126 valence electrons. The van der Waals surface area contributed by atoms with Crippen molar-refractivity contribution in [3.05, 3.63) is 23.8 Å². The minimum Gasteiger partial charge on any atom is -0.493 e. The summed E-state index contributed by atoms with van der Waals surface area (Å²) in [5.41, 5.74) is -0.0429. The number of methoxy groups -OCH3 is 2. The molecule has 1 aliphatic heterocycles. The molecule has 1 unspecified atom stereocenters. The summed E-state index contributed by atoms with van der Waals surface area (Å²) in [4.78, 5) is 25.0. The highest BCUT2D eigenvalue weighted by molar-refractivity contribution is 5.98. The average molecular weight is 333 g/mol. The Bertz CT molecular complexity index is 617. The monoisotopic (exact) mass is 333 g/mol. The van der Waals surface area contributed by atoms with Crippen LogP contribution >= 0.6 is 0 Å². The first kappa shape index (κ1) is 16.9. The first-order chi connectivity index (χ1) is 10.8. The van der Waals surface area contributed by atoms with Crippen molar-refractivity contribution in [1.29, 1.82) is 0 Å². The second kappa shape index (κ2) is 6.35. The molecule has 1 atom stereocenters. The molecule has 23 heavy (non-hydrogen) atoms. The molecule has 0 aromatic heterocycles. The summed E-state index contributed by atoms with van der Waals surface area (Å²) in [7, 11) is 2.38. The van der Waals surface area contributed by atoms with Crippen LogP contribution in [0.3, 0.4) is 0 Å². The van der Waals surface area contributed by atoms with Gasteiger partial charge in [-0.05, 0) is 24.6 Å². The number of carbonyl (C=O) groups excluding carboxylic acids is 2. The molecule has 0 radical (unpaired) electrons. The largest absolute Gasteiger partial charge is 0.573 e. The molecule has 2 rings (SSSR count). The van der Waals surface area contributed by atoms with Crippen LogP contribution in [0.15, 0.2) is 18.2 Å². The molecule has 1 fully saturated rings. The van der Waals surface area contributed by atoms with E-state index in [0.29, 0.717) is 13.0 Å². The topological polar surface area (TPSA) is 65.1 Å². The van der Waals surface area contributed by atoms with E-state index in [1.165, 1.54) is 31.3 Å². The van der Waals surface area contributed by atoms with Crippen LogP contribution in [0.25, 0.3) is 0 Å². The third-order valence-electron chi connectivity index (χ3n) is 3.39. The number of ether oxygens (including phenoxy) is 3. The van der Waals surface area contributed by atoms with Crippen molar-refractivity contribution in [1.82, 2.24) is 4.90 Å². The first-order valence-electron chi connectivity index (χ1n) is 6.59. The quantitative estimate of drug-likeness (QED) is 0.789. The number of alkyl halides is 3. The first-order valence-corrected chi connectivity index (χ1v) is 6.59. The predicted molar refractivity (Wildman–Crippen MR) is 71.1 cm³/mol. The van der Waals surface area contributed by atoms with Gasteiger partial charge < -0.3 is 19.1 Å². The lowest BCUT2D eigenvalue weighted by molar-refractivity contribution is -0.275. The summed E-state index contributed by atoms with van der Waals surface area (Å²) in [6, 6.07) is 2.71. The van der Waals surface area contributed by atoms with Gasteiger partial charge in [0.25, 0.3) is 5.91 Å². The van der Waals surface area contributed by atoms with Crippen molar-refractivity contribution < 1.29 is 37.0 Å². The van der Waals surface area contributed by atoms with Crippen LogP contribution < -0.4 is 9.47 Å². The Hall–Kier alpha value is -2.45. The molecule has 0 saturated carbocycles. The van der Waals surface area contributed by atoms with Gasteiger partial charge in [0.05, 0.1) is 14.2 Å². The highest BCUT2D eigenvalue weighted by Gasteiger charge is 2.39. The highest BCUT2D eigenvalue weighted by Crippen LogP contribution is 2.34. The summed E-state index contributed by atoms with van der Waals surface area (Å²) >= 11 is 0. The summed E-state index contributed by atoms with van der Waals surface area (Å²) < 4.78 is 50.4. The van der Waals surface area contributed by atoms with Crippen LogP contribution in [-0.4, -0.2) is 49.9 Å². The van der Waals surface area contributed by atoms with E-state index in [-0.39, 0.29) is 11.3 Å². The molecule has 0 spiro atoms. The number of likely N-dealkylation sites (tertiary alicyclic amines) is 1. The van der Waals surface area contributed by atoms with Gasteiger partial charge in [-0.3, -0.25) is 4.79 Å². The van der Waals surface area contributed by atoms with Crippen molar-refractivity contribution in [2.24, 2.45) is 0 Å². The maximum absolute atomic E-state index is 12.4. The third-order valence-corrected chi connectivity index (χ3v) is 3.39. The number of nitrogens with zero attached hydrogens (tertiary/aromatic N) is 1. The van der Waals surface area contributed by atoms with E-state index in [0.717, 1.165) is 6.07 Å². The van der Waals surface area contributed by atoms with Gasteiger partial charge in [-0.25, -0.2) is 4.79 Å². The standard InChI is InChI=1S/C14H14F3NO5/c1-21-10-4-3-8(7-11(10)23-14(15,16)17)12(19)18-6-5-9(18)13(20)22-2/h3-4,7,9H,5-6H2,1-2H3. The summed E-state index contributed by atoms with van der Waals surface area (Å²) in [5.74, 6) is -1.93. The van der Waals surface area contributed by atoms with Gasteiger partial charge in [-0.15, -0.1) is 13.2 Å². The van der Waals surface area contributed by atoms with Crippen molar-refractivity contribution in [3.8, 4) is 11.5 Å². The Kier molecular flexibility index (Phi) is 4.67. The Morgan fingerprint density at radius 2 is 1.91 bits per heavy atom. The molecule has 1 saturated heterocycles. The molecule has 1 aliphatic rings. The van der Waals surface area contributed by atoms with Crippen LogP contribution in [0.1, 0.15) is 16.8 Å². The van der Waals surface area contributed by atoms with E-state index in [4.69, 9.17) is 4.74 Å². The molecule has 0 aliphatic carbocycles. The van der Waals surface area contributed by atoms with Crippen LogP contribution in [0, 0.1) is 0 Å². The number of halogens is 3. The zero-order valence-corrected chi connectivity index (χ0v) is 12.3. The van der Waals surface area contributed by atoms with Gasteiger partial charge in [0.1, 0.15) is 6.04 Å². The lowest BCUT2D eigenvalue weighted by atomic mass is 10.0. The second-order valence-corrected chi connectivity index (χ2v) is 4.74. The Labute approximate surface area is 129 Å². The number of rotatable bonds is 4.